The van der Waals surface area contributed by atoms with Crippen LogP contribution in [0.15, 0.2) is 48.5 Å². The molecule has 0 spiro atoms. The van der Waals surface area contributed by atoms with Crippen LogP contribution in [0.25, 0.3) is 10.9 Å². The van der Waals surface area contributed by atoms with E-state index in [9.17, 15) is 9.59 Å². The number of esters is 2. The molecular weight excluding hydrogens is 404 g/mol. The number of rotatable bonds is 7. The fourth-order valence-electron chi connectivity index (χ4n) is 4.52. The van der Waals surface area contributed by atoms with Crippen molar-refractivity contribution in [3.8, 4) is 0 Å². The summed E-state index contributed by atoms with van der Waals surface area (Å²) in [7, 11) is 0. The molecule has 2 aromatic carbocycles. The quantitative estimate of drug-likeness (QED) is 0.571. The molecule has 0 saturated heterocycles. The average Bonchev–Trinajstić information content (AvgIpc) is 3.18. The van der Waals surface area contributed by atoms with Crippen LogP contribution in [0, 0.1) is 6.92 Å². The monoisotopic (exact) mass is 432 g/mol. The van der Waals surface area contributed by atoms with Crippen molar-refractivity contribution < 1.29 is 19.1 Å². The molecule has 4 rings (SSSR count). The van der Waals surface area contributed by atoms with Crippen LogP contribution >= 0.6 is 0 Å². The number of ether oxygens (including phenoxy) is 2. The Bertz CT molecular complexity index is 1150. The van der Waals surface area contributed by atoms with Crippen LogP contribution < -0.4 is 5.32 Å². The van der Waals surface area contributed by atoms with Crippen molar-refractivity contribution in [1.82, 2.24) is 10.3 Å². The van der Waals surface area contributed by atoms with Gasteiger partial charge in [0.2, 0.25) is 0 Å². The van der Waals surface area contributed by atoms with Gasteiger partial charge in [-0.15, -0.1) is 0 Å². The van der Waals surface area contributed by atoms with Crippen molar-refractivity contribution in [2.24, 2.45) is 0 Å². The number of benzene rings is 2. The summed E-state index contributed by atoms with van der Waals surface area (Å²) in [5.74, 6) is -0.689. The van der Waals surface area contributed by atoms with E-state index in [2.05, 4.69) is 5.32 Å². The van der Waals surface area contributed by atoms with E-state index in [4.69, 9.17) is 14.5 Å². The van der Waals surface area contributed by atoms with Gasteiger partial charge in [0.15, 0.2) is 0 Å². The average molecular weight is 433 g/mol. The third kappa shape index (κ3) is 3.98. The molecule has 1 aliphatic carbocycles. The summed E-state index contributed by atoms with van der Waals surface area (Å²) < 4.78 is 10.8. The van der Waals surface area contributed by atoms with Crippen molar-refractivity contribution >= 4 is 22.8 Å². The van der Waals surface area contributed by atoms with Gasteiger partial charge < -0.3 is 9.47 Å². The van der Waals surface area contributed by atoms with Crippen LogP contribution in [-0.2, 0) is 33.7 Å². The standard InChI is InChI=1S/C26H28N2O4/c1-4-31-24(29)23-17(3)20-12-8-9-13-21(20)28-22(23)16-27-26(25(30)32-5-2)14-18-10-6-7-11-19(18)15-26/h6-13,27H,4-5,14-16H2,1-3H3. The molecule has 166 valence electrons. The summed E-state index contributed by atoms with van der Waals surface area (Å²) in [6, 6.07) is 15.8. The lowest BCUT2D eigenvalue weighted by Gasteiger charge is -2.28. The summed E-state index contributed by atoms with van der Waals surface area (Å²) in [5.41, 5.74) is 4.00. The molecule has 1 aliphatic rings. The van der Waals surface area contributed by atoms with Crippen LogP contribution in [0.3, 0.4) is 0 Å². The van der Waals surface area contributed by atoms with Gasteiger partial charge in [-0.25, -0.2) is 4.79 Å². The first-order chi connectivity index (χ1) is 15.5. The first-order valence-corrected chi connectivity index (χ1v) is 11.0. The Morgan fingerprint density at radius 1 is 0.969 bits per heavy atom. The van der Waals surface area contributed by atoms with E-state index in [1.807, 2.05) is 55.5 Å². The zero-order valence-electron chi connectivity index (χ0n) is 18.7. The molecule has 0 saturated carbocycles. The molecule has 3 aromatic rings. The first kappa shape index (κ1) is 22.0. The number of fused-ring (bicyclic) bond motifs is 2. The summed E-state index contributed by atoms with van der Waals surface area (Å²) in [6.07, 6.45) is 1.06. The van der Waals surface area contributed by atoms with Crippen LogP contribution in [0.2, 0.25) is 0 Å². The number of carbonyl (C=O) groups excluding carboxylic acids is 2. The fourth-order valence-corrected chi connectivity index (χ4v) is 4.52. The molecule has 1 heterocycles. The molecule has 0 fully saturated rings. The Morgan fingerprint density at radius 2 is 1.59 bits per heavy atom. The molecule has 0 aliphatic heterocycles. The maximum absolute atomic E-state index is 13.1. The second-order valence-electron chi connectivity index (χ2n) is 8.07. The van der Waals surface area contributed by atoms with Gasteiger partial charge in [0, 0.05) is 24.8 Å². The molecule has 6 nitrogen and oxygen atoms in total. The van der Waals surface area contributed by atoms with Gasteiger partial charge in [-0.1, -0.05) is 42.5 Å². The zero-order valence-corrected chi connectivity index (χ0v) is 18.7. The SMILES string of the molecule is CCOC(=O)c1c(CNC2(C(=O)OCC)Cc3ccccc3C2)nc2ccccc2c1C. The number of hydrogen-bond acceptors (Lipinski definition) is 6. The zero-order chi connectivity index (χ0) is 22.7. The number of aromatic nitrogens is 1. The van der Waals surface area contributed by atoms with Crippen molar-refractivity contribution in [3.63, 3.8) is 0 Å². The van der Waals surface area contributed by atoms with E-state index in [-0.39, 0.29) is 19.1 Å². The maximum atomic E-state index is 13.1. The first-order valence-electron chi connectivity index (χ1n) is 11.0. The minimum absolute atomic E-state index is 0.243. The topological polar surface area (TPSA) is 77.5 Å². The Balaban J connectivity index is 1.72. The Labute approximate surface area is 187 Å². The molecule has 0 radical (unpaired) electrons. The number of carbonyl (C=O) groups is 2. The van der Waals surface area contributed by atoms with Gasteiger partial charge in [-0.2, -0.15) is 0 Å². The maximum Gasteiger partial charge on any atom is 0.340 e. The molecule has 32 heavy (non-hydrogen) atoms. The summed E-state index contributed by atoms with van der Waals surface area (Å²) in [6.45, 7) is 6.32. The van der Waals surface area contributed by atoms with E-state index < -0.39 is 11.5 Å². The summed E-state index contributed by atoms with van der Waals surface area (Å²) in [4.78, 5) is 30.7. The fraction of sp³-hybridized carbons (Fsp3) is 0.346. The number of pyridine rings is 1. The van der Waals surface area contributed by atoms with Crippen LogP contribution in [0.4, 0.5) is 0 Å². The molecule has 0 bridgehead atoms. The minimum Gasteiger partial charge on any atom is -0.465 e. The highest BCUT2D eigenvalue weighted by Crippen LogP contribution is 2.32. The van der Waals surface area contributed by atoms with Gasteiger partial charge in [-0.05, 0) is 43.5 Å². The van der Waals surface area contributed by atoms with Crippen LogP contribution in [-0.4, -0.2) is 35.7 Å². The normalized spacial score (nSPS) is 14.2. The number of nitrogens with zero attached hydrogens (tertiary/aromatic N) is 1. The van der Waals surface area contributed by atoms with Gasteiger partial charge in [0.25, 0.3) is 0 Å². The highest BCUT2D eigenvalue weighted by Gasteiger charge is 2.45. The van der Waals surface area contributed by atoms with E-state index in [0.717, 1.165) is 27.6 Å². The number of para-hydroxylation sites is 1. The molecule has 6 heteroatoms. The Morgan fingerprint density at radius 3 is 2.25 bits per heavy atom. The van der Waals surface area contributed by atoms with E-state index in [1.54, 1.807) is 13.8 Å². The summed E-state index contributed by atoms with van der Waals surface area (Å²) >= 11 is 0. The van der Waals surface area contributed by atoms with Crippen LogP contribution in [0.1, 0.15) is 46.6 Å². The van der Waals surface area contributed by atoms with Gasteiger partial charge in [0.05, 0.1) is 30.0 Å². The Kier molecular flexibility index (Phi) is 6.24. The van der Waals surface area contributed by atoms with E-state index >= 15 is 0 Å². The predicted molar refractivity (Wildman–Crippen MR) is 122 cm³/mol. The van der Waals surface area contributed by atoms with Crippen molar-refractivity contribution in [3.05, 3.63) is 76.5 Å². The molecule has 1 aromatic heterocycles. The van der Waals surface area contributed by atoms with E-state index in [1.165, 1.54) is 0 Å². The second-order valence-corrected chi connectivity index (χ2v) is 8.07. The van der Waals surface area contributed by atoms with Gasteiger partial charge >= 0.3 is 11.9 Å². The highest BCUT2D eigenvalue weighted by atomic mass is 16.5. The summed E-state index contributed by atoms with van der Waals surface area (Å²) in [5, 5.41) is 4.34. The molecular formula is C26H28N2O4. The highest BCUT2D eigenvalue weighted by molar-refractivity contribution is 5.98. The van der Waals surface area contributed by atoms with Crippen molar-refractivity contribution in [1.29, 1.82) is 0 Å². The molecule has 0 unspecified atom stereocenters. The van der Waals surface area contributed by atoms with Crippen molar-refractivity contribution in [2.75, 3.05) is 13.2 Å². The third-order valence-corrected chi connectivity index (χ3v) is 6.07. The predicted octanol–water partition coefficient (Wildman–Crippen LogP) is 3.91. The smallest absolute Gasteiger partial charge is 0.340 e. The lowest BCUT2D eigenvalue weighted by atomic mass is 9.94. The lowest BCUT2D eigenvalue weighted by Crippen LogP contribution is -2.53. The Hall–Kier alpha value is -3.25. The second kappa shape index (κ2) is 9.09. The van der Waals surface area contributed by atoms with E-state index in [0.29, 0.717) is 30.7 Å². The van der Waals surface area contributed by atoms with Gasteiger partial charge in [0.1, 0.15) is 5.54 Å². The molecule has 0 amide bonds. The molecule has 0 atom stereocenters. The lowest BCUT2D eigenvalue weighted by molar-refractivity contribution is -0.151. The largest absolute Gasteiger partial charge is 0.465 e. The number of aryl methyl sites for hydroxylation is 1. The van der Waals surface area contributed by atoms with Gasteiger partial charge in [-0.3, -0.25) is 15.1 Å². The number of nitrogens with one attached hydrogen (secondary N) is 1. The van der Waals surface area contributed by atoms with Crippen LogP contribution in [0.5, 0.6) is 0 Å². The third-order valence-electron chi connectivity index (χ3n) is 6.07. The van der Waals surface area contributed by atoms with Crippen molar-refractivity contribution in [2.45, 2.75) is 45.7 Å². The minimum atomic E-state index is -0.896. The molecule has 1 N–H and O–H groups in total. The number of hydrogen-bond donors (Lipinski definition) is 1.